The standard InChI is InChI=1S/C9H7.C5H5.C2H6Si.2ClH.Hf/c1-2-5-9-7-3-6-8(9)4-1;1-2-4-5-3-1;1-3-2;;;/h1-7H;1-3H,4H2;1-2H3;2*1H;/q2*-1;;;;+2. The third-order valence-electron chi connectivity index (χ3n) is 2.13. The molecular weight excluding hydrogens is 470 g/mol. The molecule has 0 saturated heterocycles. The molecule has 0 fully saturated rings. The van der Waals surface area contributed by atoms with E-state index in [0.29, 0.717) is 0 Å². The second kappa shape index (κ2) is 13.9. The van der Waals surface area contributed by atoms with Crippen LogP contribution in [0.25, 0.3) is 10.8 Å². The van der Waals surface area contributed by atoms with Gasteiger partial charge in [0, 0.05) is 0 Å². The molecule has 0 aliphatic heterocycles. The molecule has 1 aliphatic carbocycles. The Morgan fingerprint density at radius 1 is 1.15 bits per heavy atom. The van der Waals surface area contributed by atoms with Crippen molar-refractivity contribution in [2.24, 2.45) is 0 Å². The predicted octanol–water partition coefficient (Wildman–Crippen LogP) is 5.49. The molecule has 1 aliphatic rings. The summed E-state index contributed by atoms with van der Waals surface area (Å²) in [6.45, 7) is 4.66. The molecule has 0 atom stereocenters. The fraction of sp³-hybridized carbons (Fsp3) is 0.188. The Morgan fingerprint density at radius 3 is 2.25 bits per heavy atom. The third-order valence-corrected chi connectivity index (χ3v) is 2.13. The Kier molecular flexibility index (Phi) is 15.5. The number of fused-ring (bicyclic) bond motifs is 1. The van der Waals surface area contributed by atoms with Gasteiger partial charge in [-0.15, -0.1) is 60.9 Å². The van der Waals surface area contributed by atoms with Gasteiger partial charge in [-0.1, -0.05) is 6.07 Å². The molecule has 0 saturated carbocycles. The summed E-state index contributed by atoms with van der Waals surface area (Å²) in [6, 6.07) is 14.7. The van der Waals surface area contributed by atoms with E-state index in [1.54, 1.807) is 0 Å². The zero-order valence-corrected chi connectivity index (χ0v) is 18.0. The minimum Gasteiger partial charge on any atom is -0.273 e. The first kappa shape index (κ1) is 22.3. The molecule has 0 N–H and O–H groups in total. The van der Waals surface area contributed by atoms with Crippen LogP contribution in [0.5, 0.6) is 0 Å². The number of benzene rings is 1. The molecule has 2 aromatic rings. The Hall–Kier alpha value is -0.0230. The van der Waals surface area contributed by atoms with Gasteiger partial charge in [-0.2, -0.15) is 23.6 Å². The molecule has 0 aromatic heterocycles. The maximum Gasteiger partial charge on any atom is -0.0809 e. The zero-order chi connectivity index (χ0) is 13.2. The van der Waals surface area contributed by atoms with Crippen molar-refractivity contribution in [3.05, 3.63) is 66.8 Å². The van der Waals surface area contributed by atoms with Gasteiger partial charge >= 0.3 is 41.6 Å². The second-order valence-electron chi connectivity index (χ2n) is 4.16. The van der Waals surface area contributed by atoms with Gasteiger partial charge in [0.2, 0.25) is 0 Å². The summed E-state index contributed by atoms with van der Waals surface area (Å²) in [5.74, 6) is 0. The van der Waals surface area contributed by atoms with Crippen LogP contribution in [-0.4, -0.2) is 5.49 Å². The van der Waals surface area contributed by atoms with Crippen molar-refractivity contribution in [3.8, 4) is 0 Å². The number of hydrogen-bond acceptors (Lipinski definition) is 0. The van der Waals surface area contributed by atoms with Gasteiger partial charge in [-0.25, -0.2) is 12.2 Å². The van der Waals surface area contributed by atoms with E-state index >= 15 is 0 Å². The van der Waals surface area contributed by atoms with Crippen LogP contribution in [0.1, 0.15) is 6.42 Å². The SMILES string of the molecule is C[Si](C)=[Hf+2].Cl.Cl.[C-]1=CC=CC1.c1ccc2[cH-]ccc2c1. The smallest absolute Gasteiger partial charge is 0.0809 e. The van der Waals surface area contributed by atoms with E-state index in [4.69, 9.17) is 0 Å². The molecule has 106 valence electrons. The van der Waals surface area contributed by atoms with Crippen LogP contribution >= 0.6 is 24.8 Å². The van der Waals surface area contributed by atoms with Gasteiger partial charge in [0.1, 0.15) is 0 Å². The maximum absolute atomic E-state index is 2.99. The number of rotatable bonds is 0. The van der Waals surface area contributed by atoms with Gasteiger partial charge in [0.05, 0.1) is 0 Å². The summed E-state index contributed by atoms with van der Waals surface area (Å²) >= 11 is 1.45. The fourth-order valence-corrected chi connectivity index (χ4v) is 1.41. The molecular formula is C16H20Cl2HfSi. The van der Waals surface area contributed by atoms with Crippen molar-refractivity contribution in [2.75, 3.05) is 0 Å². The van der Waals surface area contributed by atoms with Crippen LogP contribution in [0.3, 0.4) is 0 Å². The van der Waals surface area contributed by atoms with E-state index in [0.717, 1.165) is 6.42 Å². The van der Waals surface area contributed by atoms with Gasteiger partial charge in [-0.3, -0.25) is 6.08 Å². The van der Waals surface area contributed by atoms with Crippen molar-refractivity contribution >= 4 is 41.1 Å². The average molecular weight is 490 g/mol. The second-order valence-corrected chi connectivity index (χ2v) is 16.9. The van der Waals surface area contributed by atoms with Gasteiger partial charge in [0.15, 0.2) is 0 Å². The molecule has 0 nitrogen and oxygen atoms in total. The summed E-state index contributed by atoms with van der Waals surface area (Å²) in [7, 11) is 0. The summed E-state index contributed by atoms with van der Waals surface area (Å²) in [4.78, 5) is 0. The topological polar surface area (TPSA) is 0 Å². The van der Waals surface area contributed by atoms with E-state index in [9.17, 15) is 0 Å². The first-order chi connectivity index (χ1) is 8.70. The van der Waals surface area contributed by atoms with Crippen LogP contribution in [0.15, 0.2) is 60.7 Å². The summed E-state index contributed by atoms with van der Waals surface area (Å²) in [5.41, 5.74) is 0.259. The normalized spacial score (nSPS) is 10.4. The van der Waals surface area contributed by atoms with Crippen molar-refractivity contribution < 1.29 is 23.0 Å². The third kappa shape index (κ3) is 10.7. The van der Waals surface area contributed by atoms with Crippen LogP contribution in [0.4, 0.5) is 0 Å². The van der Waals surface area contributed by atoms with E-state index in [2.05, 4.69) is 67.7 Å². The maximum atomic E-state index is 2.99. The summed E-state index contributed by atoms with van der Waals surface area (Å²) < 4.78 is 0. The first-order valence-electron chi connectivity index (χ1n) is 6.04. The van der Waals surface area contributed by atoms with Crippen LogP contribution in [-0.2, 0) is 23.0 Å². The van der Waals surface area contributed by atoms with Crippen molar-refractivity contribution in [1.29, 1.82) is 0 Å². The predicted molar refractivity (Wildman–Crippen MR) is 93.1 cm³/mol. The zero-order valence-electron chi connectivity index (χ0n) is 11.8. The molecule has 0 heterocycles. The van der Waals surface area contributed by atoms with Crippen LogP contribution in [0, 0.1) is 6.08 Å². The Balaban J connectivity index is 0. The summed E-state index contributed by atoms with van der Waals surface area (Å²) in [5, 5.41) is 2.66. The molecule has 2 aromatic carbocycles. The van der Waals surface area contributed by atoms with Gasteiger partial charge < -0.3 is 0 Å². The Labute approximate surface area is 149 Å². The van der Waals surface area contributed by atoms with Gasteiger partial charge in [0.25, 0.3) is 0 Å². The van der Waals surface area contributed by atoms with Crippen LogP contribution < -0.4 is 0 Å². The molecule has 3 rings (SSSR count). The molecule has 0 spiro atoms. The van der Waals surface area contributed by atoms with E-state index in [-0.39, 0.29) is 30.3 Å². The quantitative estimate of drug-likeness (QED) is 0.339. The van der Waals surface area contributed by atoms with E-state index < -0.39 is 0 Å². The Bertz CT molecular complexity index is 500. The van der Waals surface area contributed by atoms with Crippen molar-refractivity contribution in [2.45, 2.75) is 19.5 Å². The first-order valence-corrected chi connectivity index (χ1v) is 13.9. The molecule has 0 amide bonds. The summed E-state index contributed by atoms with van der Waals surface area (Å²) in [6.07, 6.45) is 10.0. The van der Waals surface area contributed by atoms with E-state index in [1.165, 1.54) is 33.8 Å². The fourth-order valence-electron chi connectivity index (χ4n) is 1.41. The van der Waals surface area contributed by atoms with Crippen LogP contribution in [0.2, 0.25) is 13.1 Å². The average Bonchev–Trinajstić information content (AvgIpc) is 3.03. The largest absolute Gasteiger partial charge is 0.273 e. The van der Waals surface area contributed by atoms with Gasteiger partial charge in [-0.05, 0) is 0 Å². The molecule has 0 radical (unpaired) electrons. The monoisotopic (exact) mass is 490 g/mol. The number of halogens is 2. The minimum atomic E-state index is 0. The minimum absolute atomic E-state index is 0. The van der Waals surface area contributed by atoms with Crippen molar-refractivity contribution in [3.63, 3.8) is 0 Å². The van der Waals surface area contributed by atoms with Crippen molar-refractivity contribution in [1.82, 2.24) is 0 Å². The van der Waals surface area contributed by atoms with E-state index in [1.807, 2.05) is 12.2 Å². The molecule has 0 bridgehead atoms. The number of hydrogen-bond donors (Lipinski definition) is 0. The molecule has 20 heavy (non-hydrogen) atoms. The Morgan fingerprint density at radius 2 is 1.80 bits per heavy atom. The molecule has 0 unspecified atom stereocenters. The molecule has 4 heteroatoms. The number of allylic oxidation sites excluding steroid dienone is 4.